The standard InChI is InChI=1S/C22H20N4O/c1-25-14-17(26(2)16-6-4-3-5-7-16)9-11-20(25)21-18-12-15(13-23)8-10-19(18)24-22(21)27/h3-12,24,27H,14H2,1-2H3. The number of aromatic amines is 1. The molecule has 5 heteroatoms. The van der Waals surface area contributed by atoms with Gasteiger partial charge in [0, 0.05) is 36.4 Å². The topological polar surface area (TPSA) is 66.3 Å². The monoisotopic (exact) mass is 356 g/mol. The predicted molar refractivity (Wildman–Crippen MR) is 108 cm³/mol. The molecule has 0 aliphatic carbocycles. The zero-order chi connectivity index (χ0) is 19.0. The lowest BCUT2D eigenvalue weighted by atomic mass is 10.0. The van der Waals surface area contributed by atoms with Crippen LogP contribution in [0.15, 0.2) is 66.4 Å². The first kappa shape index (κ1) is 16.8. The van der Waals surface area contributed by atoms with Gasteiger partial charge in [-0.1, -0.05) is 18.2 Å². The van der Waals surface area contributed by atoms with E-state index in [0.717, 1.165) is 33.5 Å². The van der Waals surface area contributed by atoms with Gasteiger partial charge in [-0.25, -0.2) is 0 Å². The van der Waals surface area contributed by atoms with Gasteiger partial charge < -0.3 is 19.9 Å². The summed E-state index contributed by atoms with van der Waals surface area (Å²) in [6, 6.07) is 17.8. The van der Waals surface area contributed by atoms with Gasteiger partial charge in [0.2, 0.25) is 0 Å². The van der Waals surface area contributed by atoms with E-state index in [0.29, 0.717) is 12.1 Å². The van der Waals surface area contributed by atoms with Crippen LogP contribution >= 0.6 is 0 Å². The van der Waals surface area contributed by atoms with Crippen molar-refractivity contribution >= 4 is 22.3 Å². The van der Waals surface area contributed by atoms with Gasteiger partial charge in [0.25, 0.3) is 0 Å². The van der Waals surface area contributed by atoms with Crippen LogP contribution in [0.5, 0.6) is 5.88 Å². The molecule has 4 rings (SSSR count). The molecule has 2 N–H and O–H groups in total. The van der Waals surface area contributed by atoms with Crippen molar-refractivity contribution in [3.8, 4) is 11.9 Å². The molecule has 0 atom stereocenters. The van der Waals surface area contributed by atoms with Gasteiger partial charge in [-0.2, -0.15) is 5.26 Å². The second kappa shape index (κ2) is 6.58. The van der Waals surface area contributed by atoms with Gasteiger partial charge in [-0.05, 0) is 42.5 Å². The Morgan fingerprint density at radius 1 is 1.15 bits per heavy atom. The maximum absolute atomic E-state index is 10.5. The van der Waals surface area contributed by atoms with Crippen molar-refractivity contribution in [3.05, 3.63) is 77.5 Å². The summed E-state index contributed by atoms with van der Waals surface area (Å²) in [4.78, 5) is 7.27. The fraction of sp³-hybridized carbons (Fsp3) is 0.136. The van der Waals surface area contributed by atoms with E-state index in [1.807, 2.05) is 43.5 Å². The quantitative estimate of drug-likeness (QED) is 0.743. The molecule has 5 nitrogen and oxygen atoms in total. The van der Waals surface area contributed by atoms with Crippen LogP contribution in [-0.4, -0.2) is 35.6 Å². The molecule has 3 aromatic rings. The predicted octanol–water partition coefficient (Wildman–Crippen LogP) is 4.05. The van der Waals surface area contributed by atoms with Gasteiger partial charge >= 0.3 is 0 Å². The number of hydrogen-bond acceptors (Lipinski definition) is 4. The van der Waals surface area contributed by atoms with E-state index in [4.69, 9.17) is 0 Å². The molecule has 1 aliphatic rings. The number of allylic oxidation sites excluding steroid dienone is 2. The fourth-order valence-corrected chi connectivity index (χ4v) is 3.50. The molecular weight excluding hydrogens is 336 g/mol. The normalized spacial score (nSPS) is 13.9. The number of nitrogens with zero attached hydrogens (tertiary/aromatic N) is 3. The Kier molecular flexibility index (Phi) is 4.09. The Morgan fingerprint density at radius 2 is 1.93 bits per heavy atom. The number of fused-ring (bicyclic) bond motifs is 1. The Hall–Kier alpha value is -3.65. The summed E-state index contributed by atoms with van der Waals surface area (Å²) in [5, 5.41) is 20.5. The average molecular weight is 356 g/mol. The summed E-state index contributed by atoms with van der Waals surface area (Å²) in [5.74, 6) is 0.117. The number of H-pyrrole nitrogens is 1. The van der Waals surface area contributed by atoms with E-state index in [-0.39, 0.29) is 5.88 Å². The van der Waals surface area contributed by atoms with Crippen molar-refractivity contribution in [1.82, 2.24) is 9.88 Å². The Labute approximate surface area is 158 Å². The summed E-state index contributed by atoms with van der Waals surface area (Å²) in [6.07, 6.45) is 4.09. The number of nitriles is 1. The number of nitrogens with one attached hydrogen (secondary N) is 1. The number of para-hydroxylation sites is 1. The van der Waals surface area contributed by atoms with Crippen LogP contribution in [0.4, 0.5) is 5.69 Å². The Bertz CT molecular complexity index is 1100. The van der Waals surface area contributed by atoms with E-state index in [9.17, 15) is 10.4 Å². The number of benzene rings is 2. The number of aromatic hydroxyl groups is 1. The molecule has 2 heterocycles. The second-order valence-corrected chi connectivity index (χ2v) is 6.68. The zero-order valence-corrected chi connectivity index (χ0v) is 15.3. The molecule has 2 aromatic carbocycles. The van der Waals surface area contributed by atoms with Gasteiger partial charge in [0.15, 0.2) is 5.88 Å². The highest BCUT2D eigenvalue weighted by Crippen LogP contribution is 2.37. The van der Waals surface area contributed by atoms with Crippen molar-refractivity contribution in [2.24, 2.45) is 0 Å². The lowest BCUT2D eigenvalue weighted by molar-refractivity contribution is 0.450. The maximum atomic E-state index is 10.5. The molecule has 27 heavy (non-hydrogen) atoms. The number of hydrogen-bond donors (Lipinski definition) is 2. The molecule has 1 aromatic heterocycles. The number of rotatable bonds is 3. The third kappa shape index (κ3) is 2.91. The van der Waals surface area contributed by atoms with Crippen molar-refractivity contribution in [2.45, 2.75) is 0 Å². The molecule has 0 fully saturated rings. The van der Waals surface area contributed by atoms with Crippen molar-refractivity contribution in [1.29, 1.82) is 5.26 Å². The minimum atomic E-state index is 0.117. The van der Waals surface area contributed by atoms with Crippen molar-refractivity contribution < 1.29 is 5.11 Å². The summed E-state index contributed by atoms with van der Waals surface area (Å²) in [5.41, 5.74) is 5.31. The van der Waals surface area contributed by atoms with Gasteiger partial charge in [-0.15, -0.1) is 0 Å². The Morgan fingerprint density at radius 3 is 2.63 bits per heavy atom. The third-order valence-corrected chi connectivity index (χ3v) is 4.98. The SMILES string of the molecule is CN1CC(N(C)c2ccccc2)=CC=C1c1c(O)[nH]c2ccc(C#N)cc12. The van der Waals surface area contributed by atoms with Crippen LogP contribution < -0.4 is 4.90 Å². The number of aromatic nitrogens is 1. The Balaban J connectivity index is 1.76. The van der Waals surface area contributed by atoms with E-state index in [2.05, 4.69) is 46.1 Å². The fourth-order valence-electron chi connectivity index (χ4n) is 3.50. The lowest BCUT2D eigenvalue weighted by Gasteiger charge is -2.32. The van der Waals surface area contributed by atoms with E-state index < -0.39 is 0 Å². The molecule has 134 valence electrons. The van der Waals surface area contributed by atoms with Crippen LogP contribution in [0, 0.1) is 11.3 Å². The lowest BCUT2D eigenvalue weighted by Crippen LogP contribution is -2.30. The molecule has 0 saturated heterocycles. The summed E-state index contributed by atoms with van der Waals surface area (Å²) in [6.45, 7) is 0.710. The molecule has 1 aliphatic heterocycles. The van der Waals surface area contributed by atoms with Crippen LogP contribution in [0.3, 0.4) is 0 Å². The zero-order valence-electron chi connectivity index (χ0n) is 15.3. The smallest absolute Gasteiger partial charge is 0.199 e. The van der Waals surface area contributed by atoms with Crippen LogP contribution in [0.25, 0.3) is 16.6 Å². The first-order chi connectivity index (χ1) is 13.1. The van der Waals surface area contributed by atoms with E-state index >= 15 is 0 Å². The minimum Gasteiger partial charge on any atom is -0.494 e. The van der Waals surface area contributed by atoms with Crippen LogP contribution in [0.2, 0.25) is 0 Å². The number of likely N-dealkylation sites (N-methyl/N-ethyl adjacent to an activating group) is 2. The molecular formula is C22H20N4O. The van der Waals surface area contributed by atoms with Crippen molar-refractivity contribution in [2.75, 3.05) is 25.5 Å². The van der Waals surface area contributed by atoms with E-state index in [1.54, 1.807) is 6.07 Å². The molecule has 0 unspecified atom stereocenters. The summed E-state index contributed by atoms with van der Waals surface area (Å²) in [7, 11) is 4.06. The third-order valence-electron chi connectivity index (χ3n) is 4.98. The first-order valence-electron chi connectivity index (χ1n) is 8.74. The van der Waals surface area contributed by atoms with Gasteiger partial charge in [0.05, 0.1) is 29.4 Å². The first-order valence-corrected chi connectivity index (χ1v) is 8.74. The summed E-state index contributed by atoms with van der Waals surface area (Å²) < 4.78 is 0. The molecule has 0 saturated carbocycles. The van der Waals surface area contributed by atoms with Gasteiger partial charge in [0.1, 0.15) is 0 Å². The number of anilines is 1. The molecule has 0 amide bonds. The largest absolute Gasteiger partial charge is 0.494 e. The van der Waals surface area contributed by atoms with E-state index in [1.165, 1.54) is 0 Å². The van der Waals surface area contributed by atoms with Crippen LogP contribution in [0.1, 0.15) is 11.1 Å². The molecule has 0 bridgehead atoms. The second-order valence-electron chi connectivity index (χ2n) is 6.68. The summed E-state index contributed by atoms with van der Waals surface area (Å²) >= 11 is 0. The van der Waals surface area contributed by atoms with Crippen LogP contribution in [-0.2, 0) is 0 Å². The van der Waals surface area contributed by atoms with Gasteiger partial charge in [-0.3, -0.25) is 0 Å². The molecule has 0 radical (unpaired) electrons. The highest BCUT2D eigenvalue weighted by molar-refractivity contribution is 5.96. The average Bonchev–Trinajstić information content (AvgIpc) is 3.02. The van der Waals surface area contributed by atoms with Crippen molar-refractivity contribution in [3.63, 3.8) is 0 Å². The molecule has 0 spiro atoms. The maximum Gasteiger partial charge on any atom is 0.199 e. The minimum absolute atomic E-state index is 0.117. The highest BCUT2D eigenvalue weighted by atomic mass is 16.3. The highest BCUT2D eigenvalue weighted by Gasteiger charge is 2.22.